The van der Waals surface area contributed by atoms with Gasteiger partial charge in [0.2, 0.25) is 0 Å². The number of β-amino-alcohol motifs (C(OH)–C–C–N with tert-alkyl or cyclic N) is 1. The van der Waals surface area contributed by atoms with Gasteiger partial charge < -0.3 is 10.0 Å². The zero-order chi connectivity index (χ0) is 28.5. The molecule has 202 valence electrons. The molecule has 4 rings (SSSR count). The normalized spacial score (nSPS) is 20.1. The molecule has 4 amide bonds. The van der Waals surface area contributed by atoms with Crippen LogP contribution in [0.4, 0.5) is 19.7 Å². The predicted molar refractivity (Wildman–Crippen MR) is 138 cm³/mol. The SMILES string of the molecule is CC1=C(C#N)[C@@H](c2ccc(C#N)cc2S(C)(=O)=O)N(C(=O)N2CCCC(O)C2)C(=O)N1c1cccc(CF)c1. The number of imide groups is 1. The third-order valence-electron chi connectivity index (χ3n) is 6.81. The van der Waals surface area contributed by atoms with Crippen molar-refractivity contribution in [2.75, 3.05) is 24.2 Å². The first-order valence-corrected chi connectivity index (χ1v) is 14.0. The molecule has 2 aliphatic rings. The van der Waals surface area contributed by atoms with E-state index in [1.165, 1.54) is 42.2 Å². The van der Waals surface area contributed by atoms with Crippen LogP contribution in [0.2, 0.25) is 0 Å². The quantitative estimate of drug-likeness (QED) is 0.608. The second-order valence-corrected chi connectivity index (χ2v) is 11.5. The van der Waals surface area contributed by atoms with Crippen molar-refractivity contribution in [2.24, 2.45) is 0 Å². The summed E-state index contributed by atoms with van der Waals surface area (Å²) in [5.74, 6) is 0. The first kappa shape index (κ1) is 27.8. The predicted octanol–water partition coefficient (Wildman–Crippen LogP) is 3.79. The molecule has 1 saturated heterocycles. The molecule has 2 heterocycles. The molecule has 12 heteroatoms. The molecule has 0 aromatic heterocycles. The fourth-order valence-electron chi connectivity index (χ4n) is 4.95. The van der Waals surface area contributed by atoms with Gasteiger partial charge in [0.1, 0.15) is 12.7 Å². The minimum Gasteiger partial charge on any atom is -0.391 e. The van der Waals surface area contributed by atoms with Crippen molar-refractivity contribution in [2.45, 2.75) is 43.5 Å². The number of hydrogen-bond donors (Lipinski definition) is 1. The number of nitrogens with zero attached hydrogens (tertiary/aromatic N) is 5. The van der Waals surface area contributed by atoms with Crippen LogP contribution in [0.15, 0.2) is 58.6 Å². The van der Waals surface area contributed by atoms with E-state index in [9.17, 15) is 38.0 Å². The van der Waals surface area contributed by atoms with E-state index in [0.29, 0.717) is 12.8 Å². The largest absolute Gasteiger partial charge is 0.391 e. The summed E-state index contributed by atoms with van der Waals surface area (Å²) in [6, 6.07) is 10.6. The minimum atomic E-state index is -3.98. The summed E-state index contributed by atoms with van der Waals surface area (Å²) in [6.07, 6.45) is 1.07. The molecular formula is C27H26FN5O5S. The summed E-state index contributed by atoms with van der Waals surface area (Å²) in [5, 5.41) is 29.9. The third kappa shape index (κ3) is 5.21. The molecule has 1 fully saturated rings. The van der Waals surface area contributed by atoms with Crippen LogP contribution in [0.25, 0.3) is 0 Å². The molecule has 2 aromatic rings. The standard InChI is InChI=1S/C27H26FN5O5S/c1-17-23(15-30)25(22-9-8-19(14-29)12-24(22)39(2,37)38)33(26(35)31-10-4-7-21(34)16-31)27(36)32(17)20-6-3-5-18(11-20)13-28/h3,5-6,8-9,11-12,21,25,34H,4,7,10,13,16H2,1-2H3/t21?,25-/m1/s1. The number of urea groups is 2. The Labute approximate surface area is 225 Å². The molecule has 39 heavy (non-hydrogen) atoms. The second kappa shape index (κ2) is 10.8. The number of benzene rings is 2. The van der Waals surface area contributed by atoms with Crippen molar-refractivity contribution in [1.82, 2.24) is 9.80 Å². The smallest absolute Gasteiger partial charge is 0.337 e. The van der Waals surface area contributed by atoms with Gasteiger partial charge in [-0.2, -0.15) is 10.5 Å². The average molecular weight is 552 g/mol. The minimum absolute atomic E-state index is 0.0242. The Bertz CT molecular complexity index is 1560. The number of likely N-dealkylation sites (tertiary alicyclic amines) is 1. The number of anilines is 1. The Morgan fingerprint density at radius 1 is 1.18 bits per heavy atom. The molecule has 0 spiro atoms. The summed E-state index contributed by atoms with van der Waals surface area (Å²) in [6.45, 7) is 0.871. The summed E-state index contributed by atoms with van der Waals surface area (Å²) in [4.78, 5) is 31.0. The lowest BCUT2D eigenvalue weighted by Gasteiger charge is -2.43. The number of alkyl halides is 1. The number of aliphatic hydroxyl groups is 1. The number of nitriles is 2. The molecule has 10 nitrogen and oxygen atoms in total. The number of rotatable bonds is 4. The number of hydrogen-bond acceptors (Lipinski definition) is 7. The highest BCUT2D eigenvalue weighted by Gasteiger charge is 2.46. The van der Waals surface area contributed by atoms with Crippen LogP contribution in [-0.4, -0.2) is 60.8 Å². The van der Waals surface area contributed by atoms with Crippen molar-refractivity contribution in [3.8, 4) is 12.1 Å². The number of piperidine rings is 1. The summed E-state index contributed by atoms with van der Waals surface area (Å²) in [5.41, 5.74) is 0.567. The van der Waals surface area contributed by atoms with E-state index in [-0.39, 0.29) is 51.6 Å². The number of sulfone groups is 1. The van der Waals surface area contributed by atoms with Crippen LogP contribution in [0.3, 0.4) is 0 Å². The number of carbonyl (C=O) groups excluding carboxylic acids is 2. The summed E-state index contributed by atoms with van der Waals surface area (Å²) in [7, 11) is -3.98. The molecule has 1 N–H and O–H groups in total. The van der Waals surface area contributed by atoms with Crippen LogP contribution < -0.4 is 4.90 Å². The lowest BCUT2D eigenvalue weighted by atomic mass is 9.93. The number of allylic oxidation sites excluding steroid dienone is 1. The Kier molecular flexibility index (Phi) is 7.72. The molecular weight excluding hydrogens is 525 g/mol. The van der Waals surface area contributed by atoms with Gasteiger partial charge >= 0.3 is 12.1 Å². The van der Waals surface area contributed by atoms with E-state index in [4.69, 9.17) is 0 Å². The van der Waals surface area contributed by atoms with Crippen LogP contribution in [0.5, 0.6) is 0 Å². The van der Waals surface area contributed by atoms with E-state index < -0.39 is 40.7 Å². The summed E-state index contributed by atoms with van der Waals surface area (Å²) >= 11 is 0. The number of amides is 4. The topological polar surface area (TPSA) is 146 Å². The first-order valence-electron chi connectivity index (χ1n) is 12.1. The second-order valence-electron chi connectivity index (χ2n) is 9.47. The zero-order valence-electron chi connectivity index (χ0n) is 21.3. The van der Waals surface area contributed by atoms with Gasteiger partial charge in [0, 0.05) is 25.0 Å². The van der Waals surface area contributed by atoms with Gasteiger partial charge in [-0.25, -0.2) is 27.3 Å². The van der Waals surface area contributed by atoms with Crippen molar-refractivity contribution >= 4 is 27.6 Å². The Hall–Kier alpha value is -4.26. The zero-order valence-corrected chi connectivity index (χ0v) is 22.2. The molecule has 0 saturated carbocycles. The van der Waals surface area contributed by atoms with E-state index in [1.54, 1.807) is 6.07 Å². The van der Waals surface area contributed by atoms with Gasteiger partial charge in [-0.15, -0.1) is 0 Å². The van der Waals surface area contributed by atoms with Gasteiger partial charge in [-0.1, -0.05) is 18.2 Å². The molecule has 0 bridgehead atoms. The molecule has 2 atom stereocenters. The Balaban J connectivity index is 2.00. The molecule has 0 radical (unpaired) electrons. The lowest BCUT2D eigenvalue weighted by molar-refractivity contribution is 0.0713. The van der Waals surface area contributed by atoms with Gasteiger partial charge in [-0.3, -0.25) is 4.90 Å². The van der Waals surface area contributed by atoms with E-state index in [0.717, 1.165) is 22.1 Å². The van der Waals surface area contributed by atoms with E-state index >= 15 is 0 Å². The van der Waals surface area contributed by atoms with E-state index in [1.807, 2.05) is 12.1 Å². The molecule has 1 unspecified atom stereocenters. The van der Waals surface area contributed by atoms with Gasteiger partial charge in [0.05, 0.1) is 40.0 Å². The highest BCUT2D eigenvalue weighted by Crippen LogP contribution is 2.42. The van der Waals surface area contributed by atoms with Crippen molar-refractivity contribution in [3.05, 3.63) is 70.4 Å². The van der Waals surface area contributed by atoms with Crippen LogP contribution >= 0.6 is 0 Å². The summed E-state index contributed by atoms with van der Waals surface area (Å²) < 4.78 is 39.1. The Morgan fingerprint density at radius 3 is 2.54 bits per heavy atom. The van der Waals surface area contributed by atoms with Crippen molar-refractivity contribution < 1.29 is 27.5 Å². The van der Waals surface area contributed by atoms with Crippen molar-refractivity contribution in [3.63, 3.8) is 0 Å². The van der Waals surface area contributed by atoms with Gasteiger partial charge in [0.25, 0.3) is 0 Å². The fourth-order valence-corrected chi connectivity index (χ4v) is 5.90. The maximum Gasteiger partial charge on any atom is 0.337 e. The fraction of sp³-hybridized carbons (Fsp3) is 0.333. The average Bonchev–Trinajstić information content (AvgIpc) is 2.91. The van der Waals surface area contributed by atoms with Gasteiger partial charge in [0.15, 0.2) is 9.84 Å². The molecule has 0 aliphatic carbocycles. The first-order chi connectivity index (χ1) is 18.5. The number of aliphatic hydroxyl groups excluding tert-OH is 1. The number of halogens is 1. The maximum atomic E-state index is 14.1. The van der Waals surface area contributed by atoms with Crippen LogP contribution in [-0.2, 0) is 16.5 Å². The third-order valence-corrected chi connectivity index (χ3v) is 7.96. The maximum absolute atomic E-state index is 14.1. The molecule has 2 aliphatic heterocycles. The monoisotopic (exact) mass is 551 g/mol. The van der Waals surface area contributed by atoms with Crippen molar-refractivity contribution in [1.29, 1.82) is 10.5 Å². The lowest BCUT2D eigenvalue weighted by Crippen LogP contribution is -2.57. The van der Waals surface area contributed by atoms with Crippen LogP contribution in [0, 0.1) is 22.7 Å². The Morgan fingerprint density at radius 2 is 1.92 bits per heavy atom. The van der Waals surface area contributed by atoms with Crippen LogP contribution in [0.1, 0.15) is 42.5 Å². The number of carbonyl (C=O) groups is 2. The van der Waals surface area contributed by atoms with Gasteiger partial charge in [-0.05, 0) is 55.2 Å². The van der Waals surface area contributed by atoms with E-state index in [2.05, 4.69) is 0 Å². The highest BCUT2D eigenvalue weighted by atomic mass is 32.2. The molecule has 2 aromatic carbocycles. The highest BCUT2D eigenvalue weighted by molar-refractivity contribution is 7.90.